The van der Waals surface area contributed by atoms with Crippen molar-refractivity contribution in [1.82, 2.24) is 4.98 Å². The number of pyridine rings is 1. The number of hydrogen-bond acceptors (Lipinski definition) is 6. The lowest BCUT2D eigenvalue weighted by atomic mass is 10.0. The summed E-state index contributed by atoms with van der Waals surface area (Å²) in [7, 11) is 0. The van der Waals surface area contributed by atoms with E-state index in [1.807, 2.05) is 42.5 Å². The molecular weight excluding hydrogens is 470 g/mol. The van der Waals surface area contributed by atoms with Crippen LogP contribution in [-0.2, 0) is 20.7 Å². The Morgan fingerprint density at radius 3 is 2.41 bits per heavy atom. The molecule has 5 rings (SSSR count). The van der Waals surface area contributed by atoms with Crippen LogP contribution < -0.4 is 10.6 Å². The summed E-state index contributed by atoms with van der Waals surface area (Å²) < 4.78 is 11.1. The predicted molar refractivity (Wildman–Crippen MR) is 141 cm³/mol. The van der Waals surface area contributed by atoms with Gasteiger partial charge in [-0.3, -0.25) is 9.59 Å². The fraction of sp³-hybridized carbons (Fsp3) is 0.172. The van der Waals surface area contributed by atoms with E-state index in [2.05, 4.69) is 10.6 Å². The Morgan fingerprint density at radius 1 is 0.973 bits per heavy atom. The maximum atomic E-state index is 13.4. The van der Waals surface area contributed by atoms with E-state index in [-0.39, 0.29) is 5.91 Å². The van der Waals surface area contributed by atoms with Gasteiger partial charge in [0.1, 0.15) is 5.76 Å². The lowest BCUT2D eigenvalue weighted by molar-refractivity contribution is -0.123. The topological polar surface area (TPSA) is 111 Å². The second-order valence-corrected chi connectivity index (χ2v) is 8.81. The highest BCUT2D eigenvalue weighted by molar-refractivity contribution is 6.08. The maximum Gasteiger partial charge on any atom is 0.339 e. The normalized spacial score (nSPS) is 14.3. The largest absolute Gasteiger partial charge is 0.465 e. The molecule has 1 aliphatic carbocycles. The van der Waals surface area contributed by atoms with Crippen LogP contribution in [0, 0.1) is 0 Å². The van der Waals surface area contributed by atoms with Gasteiger partial charge < -0.3 is 19.8 Å². The summed E-state index contributed by atoms with van der Waals surface area (Å²) in [6.45, 7) is 2.95. The second-order valence-electron chi connectivity index (χ2n) is 8.81. The number of rotatable bonds is 6. The summed E-state index contributed by atoms with van der Waals surface area (Å²) in [6, 6.07) is 17.8. The number of hydrogen-bond donors (Lipinski definition) is 2. The molecule has 1 atom stereocenters. The van der Waals surface area contributed by atoms with Crippen LogP contribution in [-0.4, -0.2) is 28.9 Å². The van der Waals surface area contributed by atoms with Crippen LogP contribution in [0.3, 0.4) is 0 Å². The van der Waals surface area contributed by atoms with Gasteiger partial charge in [0.05, 0.1) is 23.0 Å². The Bertz CT molecular complexity index is 1520. The molecule has 0 spiro atoms. The SMILES string of the molecule is CC(=O)Nc1ccc(NC(=O)C(C)OC(=O)c2c3c(nc4ccccc24)/C(=C/c2ccco2)CC3)cc1. The van der Waals surface area contributed by atoms with E-state index in [9.17, 15) is 14.4 Å². The van der Waals surface area contributed by atoms with Gasteiger partial charge in [-0.05, 0) is 79.4 Å². The van der Waals surface area contributed by atoms with Gasteiger partial charge in [-0.2, -0.15) is 0 Å². The minimum absolute atomic E-state index is 0.184. The third kappa shape index (κ3) is 5.13. The van der Waals surface area contributed by atoms with E-state index >= 15 is 0 Å². The summed E-state index contributed by atoms with van der Waals surface area (Å²) in [4.78, 5) is 42.2. The number of anilines is 2. The number of carbonyl (C=O) groups is 3. The van der Waals surface area contributed by atoms with E-state index in [1.54, 1.807) is 30.5 Å². The van der Waals surface area contributed by atoms with Gasteiger partial charge in [-0.25, -0.2) is 9.78 Å². The van der Waals surface area contributed by atoms with Crippen molar-refractivity contribution < 1.29 is 23.5 Å². The molecule has 186 valence electrons. The predicted octanol–water partition coefficient (Wildman–Crippen LogP) is 5.46. The van der Waals surface area contributed by atoms with Crippen molar-refractivity contribution in [3.8, 4) is 0 Å². The number of benzene rings is 2. The van der Waals surface area contributed by atoms with Gasteiger partial charge in [0.2, 0.25) is 5.91 Å². The number of ether oxygens (including phenoxy) is 1. The lowest BCUT2D eigenvalue weighted by Gasteiger charge is -2.16. The van der Waals surface area contributed by atoms with Crippen LogP contribution in [0.1, 0.15) is 47.6 Å². The van der Waals surface area contributed by atoms with Gasteiger partial charge in [-0.1, -0.05) is 18.2 Å². The third-order valence-corrected chi connectivity index (χ3v) is 6.13. The molecule has 0 fully saturated rings. The van der Waals surface area contributed by atoms with E-state index in [1.165, 1.54) is 13.8 Å². The molecule has 0 saturated heterocycles. The monoisotopic (exact) mass is 495 g/mol. The summed E-state index contributed by atoms with van der Waals surface area (Å²) >= 11 is 0. The Kier molecular flexibility index (Phi) is 6.55. The quantitative estimate of drug-likeness (QED) is 0.344. The average molecular weight is 496 g/mol. The number of para-hydroxylation sites is 1. The molecule has 0 radical (unpaired) electrons. The van der Waals surface area contributed by atoms with Crippen LogP contribution >= 0.6 is 0 Å². The molecule has 2 aromatic carbocycles. The number of nitrogens with one attached hydrogen (secondary N) is 2. The van der Waals surface area contributed by atoms with Crippen molar-refractivity contribution >= 4 is 51.7 Å². The first-order chi connectivity index (χ1) is 17.9. The minimum atomic E-state index is -1.04. The molecule has 2 N–H and O–H groups in total. The Morgan fingerprint density at radius 2 is 1.70 bits per heavy atom. The number of carbonyl (C=O) groups excluding carboxylic acids is 3. The molecular formula is C29H25N3O5. The first kappa shape index (κ1) is 24.0. The Labute approximate surface area is 213 Å². The molecule has 37 heavy (non-hydrogen) atoms. The number of fused-ring (bicyclic) bond motifs is 2. The van der Waals surface area contributed by atoms with Crippen molar-refractivity contribution in [3.05, 3.63) is 89.5 Å². The highest BCUT2D eigenvalue weighted by Gasteiger charge is 2.29. The molecule has 8 heteroatoms. The first-order valence-corrected chi connectivity index (χ1v) is 11.9. The zero-order chi connectivity index (χ0) is 25.9. The van der Waals surface area contributed by atoms with E-state index in [0.29, 0.717) is 40.7 Å². The zero-order valence-corrected chi connectivity index (χ0v) is 20.4. The van der Waals surface area contributed by atoms with E-state index in [4.69, 9.17) is 14.1 Å². The molecule has 0 aliphatic heterocycles. The summed E-state index contributed by atoms with van der Waals surface area (Å²) in [5.74, 6) is -0.500. The van der Waals surface area contributed by atoms with Gasteiger partial charge in [-0.15, -0.1) is 0 Å². The average Bonchev–Trinajstić information content (AvgIpc) is 3.53. The van der Waals surface area contributed by atoms with Crippen molar-refractivity contribution in [2.45, 2.75) is 32.8 Å². The number of allylic oxidation sites excluding steroid dienone is 1. The highest BCUT2D eigenvalue weighted by atomic mass is 16.5. The number of aromatic nitrogens is 1. The van der Waals surface area contributed by atoms with Crippen molar-refractivity contribution in [2.75, 3.05) is 10.6 Å². The Hall–Kier alpha value is -4.72. The third-order valence-electron chi connectivity index (χ3n) is 6.13. The highest BCUT2D eigenvalue weighted by Crippen LogP contribution is 2.38. The fourth-order valence-electron chi connectivity index (χ4n) is 4.41. The van der Waals surface area contributed by atoms with Crippen LogP contribution in [0.2, 0.25) is 0 Å². The van der Waals surface area contributed by atoms with Gasteiger partial charge >= 0.3 is 5.97 Å². The number of nitrogens with zero attached hydrogens (tertiary/aromatic N) is 1. The summed E-state index contributed by atoms with van der Waals surface area (Å²) in [5, 5.41) is 6.09. The first-order valence-electron chi connectivity index (χ1n) is 11.9. The van der Waals surface area contributed by atoms with Crippen LogP contribution in [0.15, 0.2) is 71.3 Å². The van der Waals surface area contributed by atoms with Crippen LogP contribution in [0.4, 0.5) is 11.4 Å². The number of furan rings is 1. The van der Waals surface area contributed by atoms with E-state index in [0.717, 1.165) is 22.6 Å². The summed E-state index contributed by atoms with van der Waals surface area (Å²) in [5.41, 5.74) is 4.78. The van der Waals surface area contributed by atoms with E-state index < -0.39 is 18.0 Å². The van der Waals surface area contributed by atoms with Crippen LogP contribution in [0.5, 0.6) is 0 Å². The molecule has 8 nitrogen and oxygen atoms in total. The molecule has 1 unspecified atom stereocenters. The molecule has 2 amide bonds. The molecule has 0 bridgehead atoms. The smallest absolute Gasteiger partial charge is 0.339 e. The number of esters is 1. The van der Waals surface area contributed by atoms with Gasteiger partial charge in [0.25, 0.3) is 5.91 Å². The minimum Gasteiger partial charge on any atom is -0.465 e. The van der Waals surface area contributed by atoms with Crippen molar-refractivity contribution in [2.24, 2.45) is 0 Å². The number of amides is 2. The molecule has 1 aliphatic rings. The van der Waals surface area contributed by atoms with Gasteiger partial charge in [0, 0.05) is 23.7 Å². The standard InChI is InChI=1S/C29H25N3O5/c1-17(28(34)31-21-12-10-20(11-13-21)30-18(2)33)37-29(35)26-23-7-3-4-8-25(23)32-27-19(9-14-24(26)27)16-22-6-5-15-36-22/h3-8,10-13,15-17H,9,14H2,1-2H3,(H,30,33)(H,31,34)/b19-16+. The molecule has 4 aromatic rings. The van der Waals surface area contributed by atoms with Crippen molar-refractivity contribution in [1.29, 1.82) is 0 Å². The Balaban J connectivity index is 1.38. The van der Waals surface area contributed by atoms with Crippen LogP contribution in [0.25, 0.3) is 22.6 Å². The lowest BCUT2D eigenvalue weighted by Crippen LogP contribution is -2.30. The zero-order valence-electron chi connectivity index (χ0n) is 20.4. The molecule has 0 saturated carbocycles. The second kappa shape index (κ2) is 10.1. The maximum absolute atomic E-state index is 13.4. The molecule has 2 heterocycles. The summed E-state index contributed by atoms with van der Waals surface area (Å²) in [6.07, 6.45) is 3.86. The molecule has 2 aromatic heterocycles. The van der Waals surface area contributed by atoms with Gasteiger partial charge in [0.15, 0.2) is 6.10 Å². The van der Waals surface area contributed by atoms with Crippen molar-refractivity contribution in [3.63, 3.8) is 0 Å². The fourth-order valence-corrected chi connectivity index (χ4v) is 4.41.